The number of nitrogens with zero attached hydrogens (tertiary/aromatic N) is 2. The van der Waals surface area contributed by atoms with Crippen LogP contribution in [0.5, 0.6) is 0 Å². The van der Waals surface area contributed by atoms with E-state index in [9.17, 15) is 18.0 Å². The van der Waals surface area contributed by atoms with E-state index in [-0.39, 0.29) is 29.8 Å². The summed E-state index contributed by atoms with van der Waals surface area (Å²) in [6.07, 6.45) is 4.07. The largest absolute Gasteiger partial charge is 0.352 e. The molecule has 0 spiro atoms. The number of benzene rings is 4. The van der Waals surface area contributed by atoms with Crippen molar-refractivity contribution in [3.8, 4) is 0 Å². The van der Waals surface area contributed by atoms with Crippen molar-refractivity contribution in [1.82, 2.24) is 10.2 Å². The summed E-state index contributed by atoms with van der Waals surface area (Å²) < 4.78 is 29.7. The summed E-state index contributed by atoms with van der Waals surface area (Å²) in [6, 6.07) is 27.1. The molecule has 47 heavy (non-hydrogen) atoms. The van der Waals surface area contributed by atoms with Gasteiger partial charge in [-0.05, 0) is 85.8 Å². The number of anilines is 1. The monoisotopic (exact) mass is 691 g/mol. The molecule has 246 valence electrons. The van der Waals surface area contributed by atoms with Crippen LogP contribution in [0, 0.1) is 13.8 Å². The summed E-state index contributed by atoms with van der Waals surface area (Å²) in [7, 11) is -4.22. The first-order valence-electron chi connectivity index (χ1n) is 15.7. The Balaban J connectivity index is 1.58. The second kappa shape index (κ2) is 15.4. The number of sulfonamides is 1. The van der Waals surface area contributed by atoms with E-state index in [4.69, 9.17) is 23.2 Å². The molecule has 10 heteroatoms. The van der Waals surface area contributed by atoms with Gasteiger partial charge in [-0.15, -0.1) is 0 Å². The third-order valence-corrected chi connectivity index (χ3v) is 10.8. The Morgan fingerprint density at radius 1 is 0.830 bits per heavy atom. The van der Waals surface area contributed by atoms with Crippen molar-refractivity contribution in [2.75, 3.05) is 10.8 Å². The topological polar surface area (TPSA) is 86.8 Å². The summed E-state index contributed by atoms with van der Waals surface area (Å²) in [5, 5.41) is 4.12. The Bertz CT molecular complexity index is 1810. The summed E-state index contributed by atoms with van der Waals surface area (Å²) in [4.78, 5) is 30.3. The molecule has 0 unspecified atom stereocenters. The average Bonchev–Trinajstić information content (AvgIpc) is 3.55. The standard InChI is InChI=1S/C37H39Cl2N3O4S/c1-26-15-18-33(19-16-26)47(45,46)42(34-20-17-31(39)21-27(34)2)25-36(43)41(24-29-11-8-12-30(38)22-29)35(23-28-9-4-3-5-10-28)37(44)40-32-13-6-7-14-32/h3-5,8-12,15-22,32,35H,6-7,13-14,23-25H2,1-2H3,(H,40,44)/t35-/m0/s1. The number of amides is 2. The van der Waals surface area contributed by atoms with Gasteiger partial charge >= 0.3 is 0 Å². The van der Waals surface area contributed by atoms with Crippen molar-refractivity contribution in [2.45, 2.75) is 69.5 Å². The molecule has 7 nitrogen and oxygen atoms in total. The Morgan fingerprint density at radius 2 is 1.49 bits per heavy atom. The molecule has 0 heterocycles. The minimum absolute atomic E-state index is 0.0269. The minimum Gasteiger partial charge on any atom is -0.352 e. The molecule has 1 fully saturated rings. The molecule has 1 atom stereocenters. The van der Waals surface area contributed by atoms with Gasteiger partial charge in [0.2, 0.25) is 11.8 Å². The molecule has 1 N–H and O–H groups in total. The molecule has 0 aliphatic heterocycles. The van der Waals surface area contributed by atoms with Crippen molar-refractivity contribution in [2.24, 2.45) is 0 Å². The van der Waals surface area contributed by atoms with E-state index in [0.29, 0.717) is 26.9 Å². The second-order valence-corrected chi connectivity index (χ2v) is 14.8. The normalized spacial score (nSPS) is 14.0. The van der Waals surface area contributed by atoms with Gasteiger partial charge in [0.1, 0.15) is 12.6 Å². The van der Waals surface area contributed by atoms with Crippen molar-refractivity contribution in [1.29, 1.82) is 0 Å². The smallest absolute Gasteiger partial charge is 0.264 e. The predicted molar refractivity (Wildman–Crippen MR) is 188 cm³/mol. The van der Waals surface area contributed by atoms with Crippen molar-refractivity contribution in [3.05, 3.63) is 129 Å². The number of halogens is 2. The van der Waals surface area contributed by atoms with Gasteiger partial charge in [-0.2, -0.15) is 0 Å². The summed E-state index contributed by atoms with van der Waals surface area (Å²) in [6.45, 7) is 3.13. The Morgan fingerprint density at radius 3 is 2.15 bits per heavy atom. The Hall–Kier alpha value is -3.85. The average molecular weight is 693 g/mol. The maximum Gasteiger partial charge on any atom is 0.264 e. The van der Waals surface area contributed by atoms with Crippen LogP contribution in [-0.2, 0) is 32.6 Å². The van der Waals surface area contributed by atoms with E-state index >= 15 is 0 Å². The number of hydrogen-bond acceptors (Lipinski definition) is 4. The molecule has 4 aromatic carbocycles. The van der Waals surface area contributed by atoms with E-state index in [2.05, 4.69) is 5.32 Å². The quantitative estimate of drug-likeness (QED) is 0.167. The number of aryl methyl sites for hydroxylation is 2. The molecule has 4 aromatic rings. The van der Waals surface area contributed by atoms with E-state index in [1.165, 1.54) is 17.0 Å². The fourth-order valence-corrected chi connectivity index (χ4v) is 7.92. The first-order valence-corrected chi connectivity index (χ1v) is 17.9. The lowest BCUT2D eigenvalue weighted by Crippen LogP contribution is -2.54. The van der Waals surface area contributed by atoms with Gasteiger partial charge in [0, 0.05) is 29.1 Å². The Kier molecular flexibility index (Phi) is 11.3. The molecule has 1 aliphatic rings. The van der Waals surface area contributed by atoms with Crippen LogP contribution in [0.2, 0.25) is 10.0 Å². The second-order valence-electron chi connectivity index (χ2n) is 12.1. The van der Waals surface area contributed by atoms with Crippen molar-refractivity contribution < 1.29 is 18.0 Å². The summed E-state index contributed by atoms with van der Waals surface area (Å²) in [5.74, 6) is -0.802. The van der Waals surface area contributed by atoms with Gasteiger partial charge in [-0.3, -0.25) is 13.9 Å². The zero-order valence-electron chi connectivity index (χ0n) is 26.5. The maximum atomic E-state index is 14.7. The molecule has 0 bridgehead atoms. The SMILES string of the molecule is Cc1ccc(S(=O)(=O)N(CC(=O)N(Cc2cccc(Cl)c2)[C@@H](Cc2ccccc2)C(=O)NC2CCCC2)c2ccc(Cl)cc2C)cc1. The molecule has 0 saturated heterocycles. The van der Waals surface area contributed by atoms with Crippen LogP contribution in [0.3, 0.4) is 0 Å². The van der Waals surface area contributed by atoms with Gasteiger partial charge in [0.05, 0.1) is 10.6 Å². The highest BCUT2D eigenvalue weighted by molar-refractivity contribution is 7.92. The lowest BCUT2D eigenvalue weighted by molar-refractivity contribution is -0.140. The molecule has 0 aromatic heterocycles. The van der Waals surface area contributed by atoms with Gasteiger partial charge in [-0.1, -0.05) is 96.2 Å². The fourth-order valence-electron chi connectivity index (χ4n) is 6.00. The van der Waals surface area contributed by atoms with Crippen LogP contribution >= 0.6 is 23.2 Å². The van der Waals surface area contributed by atoms with Crippen molar-refractivity contribution in [3.63, 3.8) is 0 Å². The first-order chi connectivity index (χ1) is 22.5. The van der Waals surface area contributed by atoms with Gasteiger partial charge in [0.15, 0.2) is 0 Å². The molecular formula is C37H39Cl2N3O4S. The fraction of sp³-hybridized carbons (Fsp3) is 0.297. The van der Waals surface area contributed by atoms with E-state index < -0.39 is 28.5 Å². The van der Waals surface area contributed by atoms with Crippen molar-refractivity contribution >= 4 is 50.7 Å². The third kappa shape index (κ3) is 8.74. The summed E-state index contributed by atoms with van der Waals surface area (Å²) in [5.41, 5.74) is 3.40. The van der Waals surface area contributed by atoms with Crippen LogP contribution in [0.1, 0.15) is 47.9 Å². The first kappa shape index (κ1) is 34.5. The molecular weight excluding hydrogens is 653 g/mol. The van der Waals surface area contributed by atoms with Crippen LogP contribution in [0.25, 0.3) is 0 Å². The van der Waals surface area contributed by atoms with Crippen LogP contribution < -0.4 is 9.62 Å². The third-order valence-electron chi connectivity index (χ3n) is 8.53. The zero-order chi connectivity index (χ0) is 33.6. The van der Waals surface area contributed by atoms with Gasteiger partial charge < -0.3 is 10.2 Å². The lowest BCUT2D eigenvalue weighted by Gasteiger charge is -2.34. The van der Waals surface area contributed by atoms with Crippen LogP contribution in [-0.4, -0.2) is 43.8 Å². The van der Waals surface area contributed by atoms with E-state index in [0.717, 1.165) is 41.1 Å². The highest BCUT2D eigenvalue weighted by atomic mass is 35.5. The molecule has 2 amide bonds. The zero-order valence-corrected chi connectivity index (χ0v) is 28.9. The predicted octanol–water partition coefficient (Wildman–Crippen LogP) is 7.50. The van der Waals surface area contributed by atoms with Crippen LogP contribution in [0.4, 0.5) is 5.69 Å². The van der Waals surface area contributed by atoms with E-state index in [1.54, 1.807) is 55.5 Å². The minimum atomic E-state index is -4.22. The maximum absolute atomic E-state index is 14.7. The van der Waals surface area contributed by atoms with Crippen LogP contribution in [0.15, 0.2) is 102 Å². The highest BCUT2D eigenvalue weighted by Gasteiger charge is 2.36. The highest BCUT2D eigenvalue weighted by Crippen LogP contribution is 2.30. The lowest BCUT2D eigenvalue weighted by atomic mass is 10.0. The molecule has 0 radical (unpaired) electrons. The number of nitrogens with one attached hydrogen (secondary N) is 1. The number of rotatable bonds is 12. The number of carbonyl (C=O) groups is 2. The number of hydrogen-bond donors (Lipinski definition) is 1. The summed E-state index contributed by atoms with van der Waals surface area (Å²) >= 11 is 12.6. The van der Waals surface area contributed by atoms with E-state index in [1.807, 2.05) is 43.3 Å². The Labute approximate surface area is 287 Å². The molecule has 1 saturated carbocycles. The van der Waals surface area contributed by atoms with Gasteiger partial charge in [0.25, 0.3) is 10.0 Å². The molecule has 1 aliphatic carbocycles. The molecule has 5 rings (SSSR count). The van der Waals surface area contributed by atoms with Gasteiger partial charge in [-0.25, -0.2) is 8.42 Å². The number of carbonyl (C=O) groups excluding carboxylic acids is 2.